The maximum atomic E-state index is 12.8. The van der Waals surface area contributed by atoms with Crippen molar-refractivity contribution in [1.82, 2.24) is 15.5 Å². The van der Waals surface area contributed by atoms with E-state index in [4.69, 9.17) is 16.1 Å². The van der Waals surface area contributed by atoms with E-state index in [2.05, 4.69) is 15.5 Å². The Morgan fingerprint density at radius 2 is 1.96 bits per heavy atom. The van der Waals surface area contributed by atoms with E-state index in [0.29, 0.717) is 16.4 Å². The van der Waals surface area contributed by atoms with Crippen LogP contribution < -0.4 is 5.32 Å². The van der Waals surface area contributed by atoms with Gasteiger partial charge in [0.1, 0.15) is 5.82 Å². The van der Waals surface area contributed by atoms with E-state index < -0.39 is 0 Å². The fourth-order valence-electron chi connectivity index (χ4n) is 2.05. The number of nitrogens with zero attached hydrogens (tertiary/aromatic N) is 2. The van der Waals surface area contributed by atoms with E-state index in [9.17, 15) is 9.18 Å². The summed E-state index contributed by atoms with van der Waals surface area (Å²) in [6.45, 7) is 0.0873. The van der Waals surface area contributed by atoms with Gasteiger partial charge in [-0.05, 0) is 35.9 Å². The standard InChI is InChI=1S/C18H13ClFN3O2/c19-15-4-2-1-3-14(15)18-22-17(25-23-18)11-21-16(24)10-7-12-5-8-13(20)9-6-12/h1-10H,11H2,(H,21,24)/b10-7+. The molecule has 3 rings (SSSR count). The van der Waals surface area contributed by atoms with Crippen LogP contribution in [-0.2, 0) is 11.3 Å². The van der Waals surface area contributed by atoms with Crippen LogP contribution in [-0.4, -0.2) is 16.0 Å². The highest BCUT2D eigenvalue weighted by atomic mass is 35.5. The molecule has 0 unspecified atom stereocenters. The third-order valence-corrected chi connectivity index (χ3v) is 3.62. The lowest BCUT2D eigenvalue weighted by Crippen LogP contribution is -2.20. The number of amides is 1. The maximum absolute atomic E-state index is 12.8. The number of hydrogen-bond acceptors (Lipinski definition) is 4. The predicted molar refractivity (Wildman–Crippen MR) is 92.0 cm³/mol. The second-order valence-electron chi connectivity index (χ2n) is 5.09. The lowest BCUT2D eigenvalue weighted by Gasteiger charge is -1.97. The lowest BCUT2D eigenvalue weighted by molar-refractivity contribution is -0.116. The maximum Gasteiger partial charge on any atom is 0.246 e. The van der Waals surface area contributed by atoms with Crippen molar-refractivity contribution >= 4 is 23.6 Å². The first kappa shape index (κ1) is 16.9. The Labute approximate surface area is 148 Å². The Hall–Kier alpha value is -2.99. The third-order valence-electron chi connectivity index (χ3n) is 3.29. The first-order chi connectivity index (χ1) is 12.1. The van der Waals surface area contributed by atoms with Crippen molar-refractivity contribution in [3.05, 3.63) is 76.9 Å². The molecular formula is C18H13ClFN3O2. The molecule has 7 heteroatoms. The van der Waals surface area contributed by atoms with Crippen molar-refractivity contribution in [3.8, 4) is 11.4 Å². The predicted octanol–water partition coefficient (Wildman–Crippen LogP) is 3.86. The van der Waals surface area contributed by atoms with Gasteiger partial charge in [-0.25, -0.2) is 4.39 Å². The van der Waals surface area contributed by atoms with Gasteiger partial charge >= 0.3 is 0 Å². The van der Waals surface area contributed by atoms with Gasteiger partial charge in [-0.2, -0.15) is 4.98 Å². The van der Waals surface area contributed by atoms with E-state index in [1.807, 2.05) is 6.07 Å². The van der Waals surface area contributed by atoms with Crippen molar-refractivity contribution in [3.63, 3.8) is 0 Å². The first-order valence-corrected chi connectivity index (χ1v) is 7.78. The Bertz CT molecular complexity index is 907. The van der Waals surface area contributed by atoms with Crippen LogP contribution in [0.25, 0.3) is 17.5 Å². The summed E-state index contributed by atoms with van der Waals surface area (Å²) in [5.74, 6) is -0.0377. The normalized spacial score (nSPS) is 11.0. The molecule has 25 heavy (non-hydrogen) atoms. The molecule has 1 N–H and O–H groups in total. The molecule has 0 aliphatic rings. The zero-order valence-electron chi connectivity index (χ0n) is 12.9. The highest BCUT2D eigenvalue weighted by Gasteiger charge is 2.11. The highest BCUT2D eigenvalue weighted by Crippen LogP contribution is 2.24. The molecule has 1 heterocycles. The minimum Gasteiger partial charge on any atom is -0.343 e. The molecule has 0 bridgehead atoms. The number of carbonyl (C=O) groups excluding carboxylic acids is 1. The molecule has 5 nitrogen and oxygen atoms in total. The van der Waals surface area contributed by atoms with Crippen LogP contribution in [0.15, 0.2) is 59.1 Å². The summed E-state index contributed by atoms with van der Waals surface area (Å²) in [6, 6.07) is 12.9. The summed E-state index contributed by atoms with van der Waals surface area (Å²) >= 11 is 6.08. The molecule has 0 saturated carbocycles. The molecule has 2 aromatic carbocycles. The summed E-state index contributed by atoms with van der Waals surface area (Å²) in [7, 11) is 0. The Balaban J connectivity index is 1.58. The zero-order chi connectivity index (χ0) is 17.6. The van der Waals surface area contributed by atoms with Gasteiger partial charge in [0.15, 0.2) is 0 Å². The number of nitrogens with one attached hydrogen (secondary N) is 1. The second-order valence-corrected chi connectivity index (χ2v) is 5.50. The quantitative estimate of drug-likeness (QED) is 0.704. The van der Waals surface area contributed by atoms with Crippen molar-refractivity contribution < 1.29 is 13.7 Å². The van der Waals surface area contributed by atoms with Gasteiger partial charge in [0, 0.05) is 11.6 Å². The van der Waals surface area contributed by atoms with Crippen LogP contribution in [0.2, 0.25) is 5.02 Å². The minimum absolute atomic E-state index is 0.0873. The highest BCUT2D eigenvalue weighted by molar-refractivity contribution is 6.33. The van der Waals surface area contributed by atoms with E-state index in [1.165, 1.54) is 18.2 Å². The Kier molecular flexibility index (Phi) is 5.20. The monoisotopic (exact) mass is 357 g/mol. The number of aromatic nitrogens is 2. The van der Waals surface area contributed by atoms with Crippen LogP contribution in [0, 0.1) is 5.82 Å². The smallest absolute Gasteiger partial charge is 0.246 e. The molecule has 1 aromatic heterocycles. The third kappa shape index (κ3) is 4.51. The van der Waals surface area contributed by atoms with Crippen molar-refractivity contribution in [2.24, 2.45) is 0 Å². The second kappa shape index (κ2) is 7.72. The Morgan fingerprint density at radius 1 is 1.20 bits per heavy atom. The summed E-state index contributed by atoms with van der Waals surface area (Å²) < 4.78 is 17.9. The molecule has 0 saturated heterocycles. The number of halogens is 2. The van der Waals surface area contributed by atoms with Crippen LogP contribution in [0.1, 0.15) is 11.5 Å². The average molecular weight is 358 g/mol. The fourth-order valence-corrected chi connectivity index (χ4v) is 2.27. The lowest BCUT2D eigenvalue weighted by atomic mass is 10.2. The van der Waals surface area contributed by atoms with Gasteiger partial charge in [-0.15, -0.1) is 0 Å². The minimum atomic E-state index is -0.332. The zero-order valence-corrected chi connectivity index (χ0v) is 13.7. The van der Waals surface area contributed by atoms with Gasteiger partial charge < -0.3 is 9.84 Å². The molecule has 1 amide bonds. The van der Waals surface area contributed by atoms with E-state index in [0.717, 1.165) is 5.56 Å². The van der Waals surface area contributed by atoms with Gasteiger partial charge in [0.25, 0.3) is 0 Å². The molecule has 0 aliphatic heterocycles. The molecule has 0 aliphatic carbocycles. The Morgan fingerprint density at radius 3 is 2.72 bits per heavy atom. The summed E-state index contributed by atoms with van der Waals surface area (Å²) in [5, 5.41) is 7.00. The number of carbonyl (C=O) groups is 1. The summed E-state index contributed by atoms with van der Waals surface area (Å²) in [4.78, 5) is 16.0. The molecule has 0 spiro atoms. The van der Waals surface area contributed by atoms with Gasteiger partial charge in [-0.3, -0.25) is 4.79 Å². The van der Waals surface area contributed by atoms with Crippen molar-refractivity contribution in [2.45, 2.75) is 6.54 Å². The van der Waals surface area contributed by atoms with Gasteiger partial charge in [0.2, 0.25) is 17.6 Å². The topological polar surface area (TPSA) is 68.0 Å². The number of rotatable bonds is 5. The molecule has 126 valence electrons. The van der Waals surface area contributed by atoms with Crippen molar-refractivity contribution in [1.29, 1.82) is 0 Å². The molecule has 0 atom stereocenters. The molecule has 3 aromatic rings. The van der Waals surface area contributed by atoms with Crippen LogP contribution in [0.5, 0.6) is 0 Å². The summed E-state index contributed by atoms with van der Waals surface area (Å²) in [5.41, 5.74) is 1.37. The molecule has 0 radical (unpaired) electrons. The molecule has 0 fully saturated rings. The van der Waals surface area contributed by atoms with Gasteiger partial charge in [-0.1, -0.05) is 41.0 Å². The van der Waals surface area contributed by atoms with E-state index >= 15 is 0 Å². The molecular weight excluding hydrogens is 345 g/mol. The summed E-state index contributed by atoms with van der Waals surface area (Å²) in [6.07, 6.45) is 2.93. The number of benzene rings is 2. The van der Waals surface area contributed by atoms with E-state index in [1.54, 1.807) is 36.4 Å². The van der Waals surface area contributed by atoms with Crippen LogP contribution >= 0.6 is 11.6 Å². The SMILES string of the molecule is O=C(/C=C/c1ccc(F)cc1)NCc1nc(-c2ccccc2Cl)no1. The fraction of sp³-hybridized carbons (Fsp3) is 0.0556. The van der Waals surface area contributed by atoms with E-state index in [-0.39, 0.29) is 24.2 Å². The number of hydrogen-bond donors (Lipinski definition) is 1. The largest absolute Gasteiger partial charge is 0.343 e. The first-order valence-electron chi connectivity index (χ1n) is 7.41. The van der Waals surface area contributed by atoms with Crippen LogP contribution in [0.3, 0.4) is 0 Å². The van der Waals surface area contributed by atoms with Gasteiger partial charge in [0.05, 0.1) is 11.6 Å². The van der Waals surface area contributed by atoms with Crippen LogP contribution in [0.4, 0.5) is 4.39 Å². The average Bonchev–Trinajstić information content (AvgIpc) is 3.08. The van der Waals surface area contributed by atoms with Crippen molar-refractivity contribution in [2.75, 3.05) is 0 Å².